The molecule has 2 aromatic rings. The van der Waals surface area contributed by atoms with E-state index >= 15 is 0 Å². The molecule has 2 aliphatic heterocycles. The van der Waals surface area contributed by atoms with Crippen LogP contribution in [0.5, 0.6) is 0 Å². The molecule has 0 radical (unpaired) electrons. The van der Waals surface area contributed by atoms with Crippen molar-refractivity contribution in [3.8, 4) is 0 Å². The lowest BCUT2D eigenvalue weighted by molar-refractivity contribution is 0.0562. The van der Waals surface area contributed by atoms with E-state index in [0.29, 0.717) is 35.3 Å². The van der Waals surface area contributed by atoms with E-state index in [9.17, 15) is 13.2 Å². The van der Waals surface area contributed by atoms with Gasteiger partial charge in [-0.1, -0.05) is 6.92 Å². The quantitative estimate of drug-likeness (QED) is 0.850. The van der Waals surface area contributed by atoms with Gasteiger partial charge in [0.15, 0.2) is 9.84 Å². The first-order chi connectivity index (χ1) is 12.3. The van der Waals surface area contributed by atoms with Gasteiger partial charge in [-0.2, -0.15) is 5.10 Å². The van der Waals surface area contributed by atoms with Crippen molar-refractivity contribution < 1.29 is 17.9 Å². The second kappa shape index (κ2) is 6.02. The van der Waals surface area contributed by atoms with Gasteiger partial charge in [-0.05, 0) is 25.3 Å². The van der Waals surface area contributed by atoms with Crippen LogP contribution in [0.3, 0.4) is 0 Å². The summed E-state index contributed by atoms with van der Waals surface area (Å²) >= 11 is 0. The number of ether oxygens (including phenoxy) is 1. The van der Waals surface area contributed by atoms with Crippen LogP contribution in [-0.4, -0.2) is 53.8 Å². The molecule has 8 nitrogen and oxygen atoms in total. The van der Waals surface area contributed by atoms with Gasteiger partial charge in [0.1, 0.15) is 5.52 Å². The topological polar surface area (TPSA) is 117 Å². The van der Waals surface area contributed by atoms with Gasteiger partial charge in [-0.15, -0.1) is 0 Å². The van der Waals surface area contributed by atoms with Crippen LogP contribution < -0.4 is 5.73 Å². The zero-order valence-corrected chi connectivity index (χ0v) is 15.5. The number of primary amides is 1. The average Bonchev–Trinajstić information content (AvgIpc) is 3.13. The molecule has 0 saturated carbocycles. The van der Waals surface area contributed by atoms with Gasteiger partial charge in [0.05, 0.1) is 40.9 Å². The van der Waals surface area contributed by atoms with Gasteiger partial charge >= 0.3 is 0 Å². The molecule has 0 aliphatic carbocycles. The Balaban J connectivity index is 1.89. The number of carbonyl (C=O) groups is 1. The highest BCUT2D eigenvalue weighted by Crippen LogP contribution is 2.39. The normalized spacial score (nSPS) is 28.4. The number of aromatic nitrogens is 3. The molecule has 26 heavy (non-hydrogen) atoms. The number of rotatable bonds is 3. The summed E-state index contributed by atoms with van der Waals surface area (Å²) in [7, 11) is -3.08. The second-order valence-electron chi connectivity index (χ2n) is 7.52. The molecule has 0 spiro atoms. The highest BCUT2D eigenvalue weighted by molar-refractivity contribution is 7.91. The van der Waals surface area contributed by atoms with E-state index in [2.05, 4.69) is 4.98 Å². The zero-order chi connectivity index (χ0) is 18.5. The maximum Gasteiger partial charge on any atom is 0.250 e. The van der Waals surface area contributed by atoms with Crippen molar-refractivity contribution in [1.29, 1.82) is 0 Å². The van der Waals surface area contributed by atoms with E-state index in [1.165, 1.54) is 6.20 Å². The molecule has 2 atom stereocenters. The fourth-order valence-corrected chi connectivity index (χ4v) is 6.11. The number of sulfone groups is 1. The van der Waals surface area contributed by atoms with Gasteiger partial charge in [0.2, 0.25) is 5.91 Å². The molecule has 0 unspecified atom stereocenters. The van der Waals surface area contributed by atoms with Crippen molar-refractivity contribution in [1.82, 2.24) is 14.8 Å². The summed E-state index contributed by atoms with van der Waals surface area (Å²) in [6.45, 7) is 3.18. The first-order valence-corrected chi connectivity index (χ1v) is 10.6. The van der Waals surface area contributed by atoms with Crippen molar-refractivity contribution >= 4 is 26.8 Å². The Morgan fingerprint density at radius 1 is 1.46 bits per heavy atom. The lowest BCUT2D eigenvalue weighted by atomic mass is 9.86. The van der Waals surface area contributed by atoms with Crippen LogP contribution in [0.15, 0.2) is 12.3 Å². The number of amides is 1. The van der Waals surface area contributed by atoms with E-state index < -0.39 is 21.2 Å². The summed E-state index contributed by atoms with van der Waals surface area (Å²) in [4.78, 5) is 16.0. The van der Waals surface area contributed by atoms with Crippen LogP contribution in [0.25, 0.3) is 11.0 Å². The first kappa shape index (κ1) is 17.4. The minimum absolute atomic E-state index is 0.0338. The van der Waals surface area contributed by atoms with Crippen LogP contribution in [-0.2, 0) is 20.0 Å². The summed E-state index contributed by atoms with van der Waals surface area (Å²) in [5.74, 6) is -0.334. The Morgan fingerprint density at radius 3 is 2.88 bits per heavy atom. The van der Waals surface area contributed by atoms with Crippen LogP contribution >= 0.6 is 0 Å². The molecule has 4 rings (SSSR count). The van der Waals surface area contributed by atoms with Crippen molar-refractivity contribution in [2.24, 2.45) is 5.73 Å². The first-order valence-electron chi connectivity index (χ1n) is 8.76. The second-order valence-corrected chi connectivity index (χ2v) is 9.71. The standard InChI is InChI=1S/C17H22N4O4S/c1-17(4-6-26(23,24)10-17)15-14-13(7-11(8-19-14)16(18)22)21(20-15)12-3-2-5-25-9-12/h7-8,12H,2-6,9-10H2,1H3,(H2,18,22)/t12-,17-/m1/s1. The Morgan fingerprint density at radius 2 is 2.27 bits per heavy atom. The molecule has 9 heteroatoms. The molecule has 1 amide bonds. The molecular weight excluding hydrogens is 356 g/mol. The highest BCUT2D eigenvalue weighted by atomic mass is 32.2. The number of nitrogens with two attached hydrogens (primary N) is 1. The third-order valence-electron chi connectivity index (χ3n) is 5.39. The van der Waals surface area contributed by atoms with Crippen LogP contribution in [0.2, 0.25) is 0 Å². The molecule has 0 aromatic carbocycles. The third-order valence-corrected chi connectivity index (χ3v) is 7.29. The van der Waals surface area contributed by atoms with Gasteiger partial charge in [-0.3, -0.25) is 14.5 Å². The molecule has 2 N–H and O–H groups in total. The van der Waals surface area contributed by atoms with E-state index in [0.717, 1.165) is 19.4 Å². The predicted octanol–water partition coefficient (Wildman–Crippen LogP) is 0.958. The molecular formula is C17H22N4O4S. The molecule has 2 aliphatic rings. The summed E-state index contributed by atoms with van der Waals surface area (Å²) in [5.41, 5.74) is 7.16. The summed E-state index contributed by atoms with van der Waals surface area (Å²) in [5, 5.41) is 4.79. The average molecular weight is 378 g/mol. The number of hydrogen-bond donors (Lipinski definition) is 1. The molecule has 0 bridgehead atoms. The number of pyridine rings is 1. The molecule has 2 fully saturated rings. The third kappa shape index (κ3) is 2.88. The fraction of sp³-hybridized carbons (Fsp3) is 0.588. The Labute approximate surface area is 151 Å². The lowest BCUT2D eigenvalue weighted by Crippen LogP contribution is -2.26. The summed E-state index contributed by atoms with van der Waals surface area (Å²) in [6, 6.07) is 1.73. The molecule has 2 aromatic heterocycles. The number of hydrogen-bond acceptors (Lipinski definition) is 6. The van der Waals surface area contributed by atoms with E-state index in [-0.39, 0.29) is 17.5 Å². The predicted molar refractivity (Wildman–Crippen MR) is 95.8 cm³/mol. The monoisotopic (exact) mass is 378 g/mol. The van der Waals surface area contributed by atoms with Crippen LogP contribution in [0, 0.1) is 0 Å². The number of carbonyl (C=O) groups excluding carboxylic acids is 1. The van der Waals surface area contributed by atoms with Gasteiger partial charge in [-0.25, -0.2) is 8.42 Å². The number of nitrogens with zero attached hydrogens (tertiary/aromatic N) is 3. The van der Waals surface area contributed by atoms with Crippen LogP contribution in [0.4, 0.5) is 0 Å². The maximum absolute atomic E-state index is 12.1. The largest absolute Gasteiger partial charge is 0.379 e. The Hall–Kier alpha value is -2.00. The number of fused-ring (bicyclic) bond motifs is 1. The lowest BCUT2D eigenvalue weighted by Gasteiger charge is -2.23. The van der Waals surface area contributed by atoms with Crippen molar-refractivity contribution in [2.45, 2.75) is 37.6 Å². The zero-order valence-electron chi connectivity index (χ0n) is 14.6. The van der Waals surface area contributed by atoms with Crippen LogP contribution in [0.1, 0.15) is 48.3 Å². The van der Waals surface area contributed by atoms with E-state index in [1.54, 1.807) is 6.07 Å². The molecule has 2 saturated heterocycles. The minimum Gasteiger partial charge on any atom is -0.379 e. The van der Waals surface area contributed by atoms with E-state index in [1.807, 2.05) is 11.6 Å². The van der Waals surface area contributed by atoms with Gasteiger partial charge in [0.25, 0.3) is 0 Å². The molecule has 140 valence electrons. The van der Waals surface area contributed by atoms with Crippen molar-refractivity contribution in [3.63, 3.8) is 0 Å². The van der Waals surface area contributed by atoms with E-state index in [4.69, 9.17) is 15.6 Å². The smallest absolute Gasteiger partial charge is 0.250 e. The summed E-state index contributed by atoms with van der Waals surface area (Å²) in [6.07, 6.45) is 3.79. The van der Waals surface area contributed by atoms with Crippen molar-refractivity contribution in [2.75, 3.05) is 24.7 Å². The summed E-state index contributed by atoms with van der Waals surface area (Å²) < 4.78 is 31.6. The molecule has 4 heterocycles. The SMILES string of the molecule is C[C@@]1(c2nn([C@@H]3CCCOC3)c3cc(C(N)=O)cnc23)CCS(=O)(=O)C1. The Kier molecular flexibility index (Phi) is 4.03. The van der Waals surface area contributed by atoms with Gasteiger partial charge < -0.3 is 10.5 Å². The minimum atomic E-state index is -3.08. The van der Waals surface area contributed by atoms with Crippen molar-refractivity contribution in [3.05, 3.63) is 23.5 Å². The Bertz CT molecular complexity index is 978. The maximum atomic E-state index is 12.1. The van der Waals surface area contributed by atoms with Gasteiger partial charge in [0, 0.05) is 18.2 Å². The fourth-order valence-electron chi connectivity index (χ4n) is 3.95. The highest BCUT2D eigenvalue weighted by Gasteiger charge is 2.43.